The van der Waals surface area contributed by atoms with Gasteiger partial charge in [0.1, 0.15) is 0 Å². The Hall–Kier alpha value is -0.960. The van der Waals surface area contributed by atoms with Crippen molar-refractivity contribution in [2.24, 2.45) is 4.99 Å². The van der Waals surface area contributed by atoms with Gasteiger partial charge in [-0.2, -0.15) is 0 Å². The first-order chi connectivity index (χ1) is 8.46. The van der Waals surface area contributed by atoms with Crippen LogP contribution in [0.25, 0.3) is 0 Å². The summed E-state index contributed by atoms with van der Waals surface area (Å²) in [7, 11) is 0. The summed E-state index contributed by atoms with van der Waals surface area (Å²) in [4.78, 5) is 4.63. The Kier molecular flexibility index (Phi) is 4.00. The van der Waals surface area contributed by atoms with E-state index in [1.165, 1.54) is 11.1 Å². The average molecular weight is 262 g/mol. The van der Waals surface area contributed by atoms with Crippen molar-refractivity contribution < 1.29 is 0 Å². The Morgan fingerprint density at radius 1 is 1.28 bits per heavy atom. The van der Waals surface area contributed by atoms with E-state index in [1.807, 2.05) is 11.8 Å². The molecule has 1 aromatic rings. The van der Waals surface area contributed by atoms with Crippen LogP contribution in [0.15, 0.2) is 29.3 Å². The summed E-state index contributed by atoms with van der Waals surface area (Å²) in [5, 5.41) is 4.52. The normalized spacial score (nSPS) is 20.4. The Bertz CT molecular complexity index is 432. The minimum absolute atomic E-state index is 0.186. The highest BCUT2D eigenvalue weighted by atomic mass is 32.2. The number of nitrogens with zero attached hydrogens (tertiary/aromatic N) is 1. The van der Waals surface area contributed by atoms with Crippen molar-refractivity contribution in [3.63, 3.8) is 0 Å². The fraction of sp³-hybridized carbons (Fsp3) is 0.533. The molecule has 0 bridgehead atoms. The van der Waals surface area contributed by atoms with E-state index in [0.29, 0.717) is 5.92 Å². The topological polar surface area (TPSA) is 24.4 Å². The molecule has 2 rings (SSSR count). The second kappa shape index (κ2) is 5.35. The van der Waals surface area contributed by atoms with Crippen LogP contribution in [0.1, 0.15) is 44.7 Å². The predicted molar refractivity (Wildman–Crippen MR) is 81.3 cm³/mol. The molecule has 0 saturated carbocycles. The molecule has 3 heteroatoms. The zero-order valence-corrected chi connectivity index (χ0v) is 12.5. The van der Waals surface area contributed by atoms with Crippen LogP contribution >= 0.6 is 11.8 Å². The summed E-state index contributed by atoms with van der Waals surface area (Å²) in [6.07, 6.45) is 0. The Morgan fingerprint density at radius 2 is 1.94 bits per heavy atom. The zero-order chi connectivity index (χ0) is 13.2. The average Bonchev–Trinajstić information content (AvgIpc) is 2.67. The number of thioether (sulfide) groups is 1. The van der Waals surface area contributed by atoms with Crippen molar-refractivity contribution in [3.05, 3.63) is 35.4 Å². The maximum absolute atomic E-state index is 4.63. The van der Waals surface area contributed by atoms with E-state index >= 15 is 0 Å². The van der Waals surface area contributed by atoms with Gasteiger partial charge < -0.3 is 5.32 Å². The van der Waals surface area contributed by atoms with Crippen LogP contribution in [-0.2, 0) is 6.54 Å². The minimum atomic E-state index is 0.186. The Labute approximate surface area is 114 Å². The number of amidine groups is 1. The van der Waals surface area contributed by atoms with E-state index in [2.05, 4.69) is 62.3 Å². The SMILES string of the molecule is CC(C)c1ccc(CN=C2NC(C)(C)CS2)cc1. The first kappa shape index (κ1) is 13.5. The number of nitrogens with one attached hydrogen (secondary N) is 1. The van der Waals surface area contributed by atoms with Gasteiger partial charge in [0.15, 0.2) is 5.17 Å². The Balaban J connectivity index is 1.96. The molecule has 1 heterocycles. The zero-order valence-electron chi connectivity index (χ0n) is 11.7. The van der Waals surface area contributed by atoms with Gasteiger partial charge in [0.05, 0.1) is 6.54 Å². The van der Waals surface area contributed by atoms with Gasteiger partial charge in [0.25, 0.3) is 0 Å². The molecule has 1 aromatic carbocycles. The fourth-order valence-corrected chi connectivity index (χ4v) is 2.94. The van der Waals surface area contributed by atoms with E-state index < -0.39 is 0 Å². The van der Waals surface area contributed by atoms with E-state index in [9.17, 15) is 0 Å². The summed E-state index contributed by atoms with van der Waals surface area (Å²) in [6.45, 7) is 9.62. The van der Waals surface area contributed by atoms with E-state index in [4.69, 9.17) is 0 Å². The summed E-state index contributed by atoms with van der Waals surface area (Å²) < 4.78 is 0. The van der Waals surface area contributed by atoms with Gasteiger partial charge in [-0.25, -0.2) is 0 Å². The van der Waals surface area contributed by atoms with Crippen molar-refractivity contribution in [3.8, 4) is 0 Å². The largest absolute Gasteiger partial charge is 0.359 e. The van der Waals surface area contributed by atoms with E-state index in [-0.39, 0.29) is 5.54 Å². The van der Waals surface area contributed by atoms with Crippen molar-refractivity contribution >= 4 is 16.9 Å². The molecule has 0 atom stereocenters. The van der Waals surface area contributed by atoms with E-state index in [0.717, 1.165) is 17.5 Å². The number of benzene rings is 1. The van der Waals surface area contributed by atoms with Crippen LogP contribution in [-0.4, -0.2) is 16.5 Å². The molecular formula is C15H22N2S. The minimum Gasteiger partial charge on any atom is -0.359 e. The molecule has 18 heavy (non-hydrogen) atoms. The van der Waals surface area contributed by atoms with Crippen LogP contribution in [0.3, 0.4) is 0 Å². The van der Waals surface area contributed by atoms with Crippen LogP contribution in [0.5, 0.6) is 0 Å². The molecule has 2 nitrogen and oxygen atoms in total. The van der Waals surface area contributed by atoms with Gasteiger partial charge in [0, 0.05) is 11.3 Å². The molecule has 0 aliphatic carbocycles. The van der Waals surface area contributed by atoms with Crippen molar-refractivity contribution in [2.75, 3.05) is 5.75 Å². The lowest BCUT2D eigenvalue weighted by atomic mass is 10.0. The molecule has 0 radical (unpaired) electrons. The standard InChI is InChI=1S/C15H22N2S/c1-11(2)13-7-5-12(6-8-13)9-16-14-17-15(3,4)10-18-14/h5-8,11H,9-10H2,1-4H3,(H,16,17). The van der Waals surface area contributed by atoms with Crippen molar-refractivity contribution in [2.45, 2.75) is 45.7 Å². The summed E-state index contributed by atoms with van der Waals surface area (Å²) in [5.74, 6) is 1.69. The number of rotatable bonds is 3. The third-order valence-electron chi connectivity index (χ3n) is 3.07. The monoisotopic (exact) mass is 262 g/mol. The second-order valence-electron chi connectivity index (χ2n) is 5.82. The number of hydrogen-bond acceptors (Lipinski definition) is 2. The highest BCUT2D eigenvalue weighted by molar-refractivity contribution is 8.14. The molecule has 0 spiro atoms. The fourth-order valence-electron chi connectivity index (χ4n) is 1.87. The highest BCUT2D eigenvalue weighted by Gasteiger charge is 2.26. The predicted octanol–water partition coefficient (Wildman–Crippen LogP) is 3.78. The van der Waals surface area contributed by atoms with Crippen LogP contribution in [0.2, 0.25) is 0 Å². The molecule has 1 fully saturated rings. The summed E-state index contributed by atoms with van der Waals surface area (Å²) in [5.41, 5.74) is 2.85. The maximum atomic E-state index is 4.63. The molecule has 1 aliphatic rings. The molecule has 0 unspecified atom stereocenters. The van der Waals surface area contributed by atoms with E-state index in [1.54, 1.807) is 0 Å². The smallest absolute Gasteiger partial charge is 0.157 e. The molecular weight excluding hydrogens is 240 g/mol. The molecule has 1 aliphatic heterocycles. The van der Waals surface area contributed by atoms with Crippen LogP contribution in [0.4, 0.5) is 0 Å². The third-order valence-corrected chi connectivity index (χ3v) is 4.44. The third kappa shape index (κ3) is 3.52. The van der Waals surface area contributed by atoms with Gasteiger partial charge in [-0.05, 0) is 30.9 Å². The summed E-state index contributed by atoms with van der Waals surface area (Å²) >= 11 is 1.82. The van der Waals surface area contributed by atoms with Crippen molar-refractivity contribution in [1.29, 1.82) is 0 Å². The lowest BCUT2D eigenvalue weighted by Crippen LogP contribution is -2.36. The number of aliphatic imine (C=N–C) groups is 1. The molecule has 1 saturated heterocycles. The van der Waals surface area contributed by atoms with Gasteiger partial charge in [-0.3, -0.25) is 4.99 Å². The van der Waals surface area contributed by atoms with Crippen molar-refractivity contribution in [1.82, 2.24) is 5.32 Å². The quantitative estimate of drug-likeness (QED) is 0.896. The van der Waals surface area contributed by atoms with Gasteiger partial charge >= 0.3 is 0 Å². The molecule has 0 aromatic heterocycles. The summed E-state index contributed by atoms with van der Waals surface area (Å²) in [6, 6.07) is 8.78. The molecule has 98 valence electrons. The van der Waals surface area contributed by atoms with Crippen LogP contribution < -0.4 is 5.32 Å². The first-order valence-corrected chi connectivity index (χ1v) is 7.49. The lowest BCUT2D eigenvalue weighted by Gasteiger charge is -2.15. The lowest BCUT2D eigenvalue weighted by molar-refractivity contribution is 0.536. The van der Waals surface area contributed by atoms with Gasteiger partial charge in [-0.1, -0.05) is 49.9 Å². The molecule has 0 amide bonds. The highest BCUT2D eigenvalue weighted by Crippen LogP contribution is 2.22. The van der Waals surface area contributed by atoms with Gasteiger partial charge in [-0.15, -0.1) is 0 Å². The molecule has 1 N–H and O–H groups in total. The van der Waals surface area contributed by atoms with Crippen LogP contribution in [0, 0.1) is 0 Å². The first-order valence-electron chi connectivity index (χ1n) is 6.50. The maximum Gasteiger partial charge on any atom is 0.157 e. The Morgan fingerprint density at radius 3 is 2.44 bits per heavy atom. The number of hydrogen-bond donors (Lipinski definition) is 1. The van der Waals surface area contributed by atoms with Gasteiger partial charge in [0.2, 0.25) is 0 Å². The second-order valence-corrected chi connectivity index (χ2v) is 6.78.